The van der Waals surface area contributed by atoms with Gasteiger partial charge < -0.3 is 0 Å². The van der Waals surface area contributed by atoms with Crippen LogP contribution in [0.1, 0.15) is 17.0 Å². The van der Waals surface area contributed by atoms with E-state index in [9.17, 15) is 18.0 Å². The van der Waals surface area contributed by atoms with Gasteiger partial charge in [0, 0.05) is 35.0 Å². The third kappa shape index (κ3) is 3.92. The fraction of sp³-hybridized carbons (Fsp3) is 0.111. The topological polar surface area (TPSA) is 92.2 Å². The summed E-state index contributed by atoms with van der Waals surface area (Å²) in [6.45, 7) is 0. The number of alkyl halides is 3. The lowest BCUT2D eigenvalue weighted by Gasteiger charge is -2.06. The fourth-order valence-corrected chi connectivity index (χ4v) is 2.97. The monoisotopic (exact) mass is 420 g/mol. The van der Waals surface area contributed by atoms with Gasteiger partial charge in [0.2, 0.25) is 0 Å². The van der Waals surface area contributed by atoms with E-state index in [1.165, 1.54) is 24.4 Å². The Morgan fingerprint density at radius 3 is 2.55 bits per heavy atom. The largest absolute Gasteiger partial charge is 0.437 e. The number of aromatic nitrogens is 6. The van der Waals surface area contributed by atoms with Gasteiger partial charge in [0.25, 0.3) is 5.56 Å². The molecule has 7 nitrogen and oxygen atoms in total. The molecule has 0 unspecified atom stereocenters. The van der Waals surface area contributed by atoms with Crippen LogP contribution in [0.4, 0.5) is 13.2 Å². The molecule has 2 N–H and O–H groups in total. The summed E-state index contributed by atoms with van der Waals surface area (Å²) in [5.74, 6) is 0.131. The fourth-order valence-electron chi connectivity index (χ4n) is 2.85. The molecule has 1 aromatic carbocycles. The molecule has 0 amide bonds. The standard InChI is InChI=1S/C18H12ClF3N6O/c19-12-3-1-10(2-4-12)7-13-9-15(29)28(26-13)14-8-11(5-6-23-14)16-17(18(20,21)22)25-27-24-16/h1-6,8-9,26H,7H2,(H,24,25,27). The molecule has 0 radical (unpaired) electrons. The number of nitrogens with one attached hydrogen (secondary N) is 2. The highest BCUT2D eigenvalue weighted by atomic mass is 35.5. The highest BCUT2D eigenvalue weighted by Gasteiger charge is 2.38. The summed E-state index contributed by atoms with van der Waals surface area (Å²) < 4.78 is 40.4. The SMILES string of the molecule is O=c1cc(Cc2ccc(Cl)cc2)[nH]n1-c1cc(-c2n[nH]nc2C(F)(F)F)ccn1. The highest BCUT2D eigenvalue weighted by molar-refractivity contribution is 6.30. The van der Waals surface area contributed by atoms with Crippen molar-refractivity contribution >= 4 is 11.6 Å². The second-order valence-corrected chi connectivity index (χ2v) is 6.62. The van der Waals surface area contributed by atoms with E-state index in [-0.39, 0.29) is 17.1 Å². The van der Waals surface area contributed by atoms with Crippen LogP contribution in [0.2, 0.25) is 5.02 Å². The zero-order valence-corrected chi connectivity index (χ0v) is 15.3. The van der Waals surface area contributed by atoms with Crippen LogP contribution in [-0.2, 0) is 12.6 Å². The van der Waals surface area contributed by atoms with Gasteiger partial charge in [0.05, 0.1) is 0 Å². The van der Waals surface area contributed by atoms with Crippen molar-refractivity contribution in [3.05, 3.63) is 81.0 Å². The quantitative estimate of drug-likeness (QED) is 0.527. The van der Waals surface area contributed by atoms with E-state index < -0.39 is 17.4 Å². The molecule has 0 atom stereocenters. The van der Waals surface area contributed by atoms with Crippen LogP contribution in [0.3, 0.4) is 0 Å². The molecule has 0 aliphatic rings. The van der Waals surface area contributed by atoms with E-state index >= 15 is 0 Å². The summed E-state index contributed by atoms with van der Waals surface area (Å²) in [5, 5.41) is 12.3. The van der Waals surface area contributed by atoms with E-state index in [0.29, 0.717) is 17.1 Å². The zero-order chi connectivity index (χ0) is 20.6. The van der Waals surface area contributed by atoms with E-state index in [2.05, 4.69) is 20.3 Å². The van der Waals surface area contributed by atoms with Crippen LogP contribution in [0, 0.1) is 0 Å². The van der Waals surface area contributed by atoms with Crippen LogP contribution in [-0.4, -0.2) is 30.2 Å². The molecule has 0 spiro atoms. The Morgan fingerprint density at radius 2 is 1.83 bits per heavy atom. The molecule has 4 aromatic rings. The average Bonchev–Trinajstić information content (AvgIpc) is 3.30. The minimum atomic E-state index is -4.67. The van der Waals surface area contributed by atoms with Gasteiger partial charge in [-0.2, -0.15) is 28.6 Å². The van der Waals surface area contributed by atoms with Gasteiger partial charge in [-0.05, 0) is 29.8 Å². The third-order valence-electron chi connectivity index (χ3n) is 4.15. The average molecular weight is 421 g/mol. The maximum atomic E-state index is 13.1. The molecule has 3 aromatic heterocycles. The van der Waals surface area contributed by atoms with E-state index in [1.807, 2.05) is 17.3 Å². The first-order valence-corrected chi connectivity index (χ1v) is 8.69. The first-order valence-electron chi connectivity index (χ1n) is 8.31. The van der Waals surface area contributed by atoms with Crippen molar-refractivity contribution < 1.29 is 13.2 Å². The highest BCUT2D eigenvalue weighted by Crippen LogP contribution is 2.34. The first-order chi connectivity index (χ1) is 13.8. The smallest absolute Gasteiger partial charge is 0.293 e. The number of pyridine rings is 1. The Morgan fingerprint density at radius 1 is 1.07 bits per heavy atom. The predicted molar refractivity (Wildman–Crippen MR) is 98.8 cm³/mol. The van der Waals surface area contributed by atoms with Gasteiger partial charge in [-0.25, -0.2) is 9.67 Å². The normalized spacial score (nSPS) is 11.7. The van der Waals surface area contributed by atoms with Crippen LogP contribution in [0.15, 0.2) is 53.5 Å². The van der Waals surface area contributed by atoms with E-state index in [4.69, 9.17) is 11.6 Å². The van der Waals surface area contributed by atoms with E-state index in [1.54, 1.807) is 12.1 Å². The lowest BCUT2D eigenvalue weighted by atomic mass is 10.1. The molecular weight excluding hydrogens is 409 g/mol. The molecular formula is C18H12ClF3N6O. The predicted octanol–water partition coefficient (Wildman–Crippen LogP) is 3.61. The Hall–Kier alpha value is -3.40. The van der Waals surface area contributed by atoms with Crippen molar-refractivity contribution in [1.82, 2.24) is 30.2 Å². The van der Waals surface area contributed by atoms with Gasteiger partial charge in [-0.15, -0.1) is 0 Å². The molecule has 11 heteroatoms. The summed E-state index contributed by atoms with van der Waals surface area (Å²) in [6.07, 6.45) is -2.92. The maximum absolute atomic E-state index is 13.1. The Balaban J connectivity index is 1.67. The van der Waals surface area contributed by atoms with Crippen LogP contribution >= 0.6 is 11.6 Å². The van der Waals surface area contributed by atoms with Gasteiger partial charge in [0.1, 0.15) is 5.69 Å². The summed E-state index contributed by atoms with van der Waals surface area (Å²) in [5.41, 5.74) is -0.241. The summed E-state index contributed by atoms with van der Waals surface area (Å²) in [6, 6.07) is 11.2. The molecule has 0 saturated heterocycles. The molecule has 0 saturated carbocycles. The maximum Gasteiger partial charge on any atom is 0.437 e. The Labute approximate surface area is 166 Å². The summed E-state index contributed by atoms with van der Waals surface area (Å²) in [7, 11) is 0. The molecule has 3 heterocycles. The molecule has 0 aliphatic carbocycles. The van der Waals surface area contributed by atoms with Crippen molar-refractivity contribution in [2.45, 2.75) is 12.6 Å². The third-order valence-corrected chi connectivity index (χ3v) is 4.40. The van der Waals surface area contributed by atoms with Crippen LogP contribution in [0.25, 0.3) is 17.1 Å². The number of halogens is 4. The van der Waals surface area contributed by atoms with Gasteiger partial charge in [-0.3, -0.25) is 9.89 Å². The first kappa shape index (κ1) is 18.9. The van der Waals surface area contributed by atoms with Crippen molar-refractivity contribution in [1.29, 1.82) is 0 Å². The summed E-state index contributed by atoms with van der Waals surface area (Å²) >= 11 is 5.87. The second kappa shape index (κ2) is 7.21. The lowest BCUT2D eigenvalue weighted by molar-refractivity contribution is -0.140. The zero-order valence-electron chi connectivity index (χ0n) is 14.5. The lowest BCUT2D eigenvalue weighted by Crippen LogP contribution is -2.15. The number of H-pyrrole nitrogens is 2. The second-order valence-electron chi connectivity index (χ2n) is 6.18. The number of rotatable bonds is 4. The van der Waals surface area contributed by atoms with Crippen molar-refractivity contribution in [3.8, 4) is 17.1 Å². The van der Waals surface area contributed by atoms with Crippen molar-refractivity contribution in [2.24, 2.45) is 0 Å². The van der Waals surface area contributed by atoms with Gasteiger partial charge in [0.15, 0.2) is 11.5 Å². The van der Waals surface area contributed by atoms with Gasteiger partial charge in [-0.1, -0.05) is 23.7 Å². The summed E-state index contributed by atoms with van der Waals surface area (Å²) in [4.78, 5) is 16.4. The number of hydrogen-bond donors (Lipinski definition) is 2. The van der Waals surface area contributed by atoms with E-state index in [0.717, 1.165) is 10.2 Å². The number of benzene rings is 1. The molecule has 4 rings (SSSR count). The minimum absolute atomic E-state index is 0.122. The van der Waals surface area contributed by atoms with Gasteiger partial charge >= 0.3 is 6.18 Å². The Kier molecular flexibility index (Phi) is 4.71. The molecule has 0 fully saturated rings. The molecule has 148 valence electrons. The number of nitrogens with zero attached hydrogens (tertiary/aromatic N) is 4. The molecule has 29 heavy (non-hydrogen) atoms. The van der Waals surface area contributed by atoms with Crippen LogP contribution in [0.5, 0.6) is 0 Å². The Bertz CT molecular complexity index is 1210. The van der Waals surface area contributed by atoms with Crippen molar-refractivity contribution in [2.75, 3.05) is 0 Å². The number of aromatic amines is 2. The number of hydrogen-bond acceptors (Lipinski definition) is 4. The molecule has 0 aliphatic heterocycles. The minimum Gasteiger partial charge on any atom is -0.293 e. The van der Waals surface area contributed by atoms with Crippen LogP contribution < -0.4 is 5.56 Å². The van der Waals surface area contributed by atoms with Crippen molar-refractivity contribution in [3.63, 3.8) is 0 Å². The molecule has 0 bridgehead atoms.